The van der Waals surface area contributed by atoms with Gasteiger partial charge in [-0.1, -0.05) is 18.2 Å². The molecular weight excluding hydrogens is 256 g/mol. The van der Waals surface area contributed by atoms with E-state index in [2.05, 4.69) is 11.3 Å². The van der Waals surface area contributed by atoms with E-state index in [9.17, 15) is 14.9 Å². The summed E-state index contributed by atoms with van der Waals surface area (Å²) in [5.74, 6) is -1.03. The molecule has 1 atom stereocenters. The minimum absolute atomic E-state index is 0.0576. The molecule has 0 aromatic heterocycles. The number of aliphatic carboxylic acids is 1. The SMILES string of the molecule is C=CCC(NSc1ccccc1[N+](=O)[O-])C(=O)O. The number of carboxylic acids is 1. The highest BCUT2D eigenvalue weighted by molar-refractivity contribution is 7.97. The molecule has 1 unspecified atom stereocenters. The first-order valence-electron chi connectivity index (χ1n) is 5.05. The molecule has 1 rings (SSSR count). The number of carboxylic acid groups (broad SMARTS) is 1. The summed E-state index contributed by atoms with van der Waals surface area (Å²) in [6.07, 6.45) is 1.72. The van der Waals surface area contributed by atoms with E-state index in [0.717, 1.165) is 11.9 Å². The van der Waals surface area contributed by atoms with Crippen molar-refractivity contribution in [1.82, 2.24) is 4.72 Å². The predicted molar refractivity (Wildman–Crippen MR) is 68.3 cm³/mol. The third-order valence-electron chi connectivity index (χ3n) is 2.07. The van der Waals surface area contributed by atoms with Gasteiger partial charge in [-0.25, -0.2) is 4.72 Å². The van der Waals surface area contributed by atoms with Crippen molar-refractivity contribution >= 4 is 23.6 Å². The summed E-state index contributed by atoms with van der Waals surface area (Å²) in [5.41, 5.74) is -0.0576. The molecule has 0 saturated heterocycles. The molecule has 1 aromatic carbocycles. The molecule has 0 spiro atoms. The van der Waals surface area contributed by atoms with Crippen LogP contribution < -0.4 is 4.72 Å². The molecule has 7 heteroatoms. The van der Waals surface area contributed by atoms with E-state index in [0.29, 0.717) is 4.90 Å². The van der Waals surface area contributed by atoms with Crippen molar-refractivity contribution in [1.29, 1.82) is 0 Å². The topological polar surface area (TPSA) is 92.5 Å². The summed E-state index contributed by atoms with van der Waals surface area (Å²) in [6, 6.07) is 5.31. The maximum atomic E-state index is 10.9. The molecule has 0 saturated carbocycles. The van der Waals surface area contributed by atoms with Crippen molar-refractivity contribution in [2.24, 2.45) is 0 Å². The lowest BCUT2D eigenvalue weighted by Gasteiger charge is -2.11. The maximum Gasteiger partial charge on any atom is 0.321 e. The van der Waals surface area contributed by atoms with Crippen molar-refractivity contribution < 1.29 is 14.8 Å². The lowest BCUT2D eigenvalue weighted by molar-refractivity contribution is -0.387. The zero-order valence-electron chi connectivity index (χ0n) is 9.41. The van der Waals surface area contributed by atoms with Gasteiger partial charge in [-0.3, -0.25) is 14.9 Å². The van der Waals surface area contributed by atoms with Gasteiger partial charge in [0.25, 0.3) is 5.69 Å². The second-order valence-electron chi connectivity index (χ2n) is 3.36. The number of nitro benzene ring substituents is 1. The molecule has 96 valence electrons. The molecule has 0 aliphatic rings. The standard InChI is InChI=1S/C11H12N2O4S/c1-2-5-8(11(14)15)12-18-10-7-4-3-6-9(10)13(16)17/h2-4,6-8,12H,1,5H2,(H,14,15). The summed E-state index contributed by atoms with van der Waals surface area (Å²) in [5, 5.41) is 19.7. The van der Waals surface area contributed by atoms with Crippen LogP contribution in [0.4, 0.5) is 5.69 Å². The van der Waals surface area contributed by atoms with E-state index >= 15 is 0 Å². The molecule has 0 fully saturated rings. The molecule has 0 heterocycles. The van der Waals surface area contributed by atoms with Gasteiger partial charge < -0.3 is 5.11 Å². The van der Waals surface area contributed by atoms with Crippen molar-refractivity contribution in [3.8, 4) is 0 Å². The minimum Gasteiger partial charge on any atom is -0.480 e. The Morgan fingerprint density at radius 2 is 2.28 bits per heavy atom. The predicted octanol–water partition coefficient (Wildman–Crippen LogP) is 2.22. The van der Waals surface area contributed by atoms with Crippen molar-refractivity contribution in [3.63, 3.8) is 0 Å². The Labute approximate surface area is 108 Å². The molecular formula is C11H12N2O4S. The van der Waals surface area contributed by atoms with Gasteiger partial charge in [0, 0.05) is 6.07 Å². The van der Waals surface area contributed by atoms with Crippen LogP contribution in [-0.2, 0) is 4.79 Å². The second kappa shape index (κ2) is 6.77. The minimum atomic E-state index is -1.03. The maximum absolute atomic E-state index is 10.9. The highest BCUT2D eigenvalue weighted by Gasteiger charge is 2.18. The monoisotopic (exact) mass is 268 g/mol. The number of rotatable bonds is 7. The second-order valence-corrected chi connectivity index (χ2v) is 4.24. The Hall–Kier alpha value is -1.86. The highest BCUT2D eigenvalue weighted by Crippen LogP contribution is 2.27. The van der Waals surface area contributed by atoms with Gasteiger partial charge in [0.2, 0.25) is 0 Å². The van der Waals surface area contributed by atoms with Gasteiger partial charge in [-0.05, 0) is 24.4 Å². The number of nitrogens with zero attached hydrogens (tertiary/aromatic N) is 1. The van der Waals surface area contributed by atoms with Crippen molar-refractivity contribution in [3.05, 3.63) is 47.0 Å². The molecule has 0 amide bonds. The first-order valence-corrected chi connectivity index (χ1v) is 5.87. The molecule has 0 aliphatic heterocycles. The number of nitrogens with one attached hydrogen (secondary N) is 1. The van der Waals surface area contributed by atoms with Crippen LogP contribution >= 0.6 is 11.9 Å². The zero-order valence-corrected chi connectivity index (χ0v) is 10.2. The van der Waals surface area contributed by atoms with Gasteiger partial charge >= 0.3 is 5.97 Å². The van der Waals surface area contributed by atoms with Gasteiger partial charge in [0.15, 0.2) is 0 Å². The van der Waals surface area contributed by atoms with Gasteiger partial charge in [-0.15, -0.1) is 6.58 Å². The van der Waals surface area contributed by atoms with Gasteiger partial charge in [0.1, 0.15) is 10.9 Å². The number of hydrogen-bond acceptors (Lipinski definition) is 5. The average Bonchev–Trinajstić information content (AvgIpc) is 2.34. The third-order valence-corrected chi connectivity index (χ3v) is 3.04. The van der Waals surface area contributed by atoms with Crippen LogP contribution in [0.25, 0.3) is 0 Å². The molecule has 0 radical (unpaired) electrons. The van der Waals surface area contributed by atoms with Crippen LogP contribution in [0, 0.1) is 10.1 Å². The van der Waals surface area contributed by atoms with Crippen LogP contribution in [0.2, 0.25) is 0 Å². The fraction of sp³-hybridized carbons (Fsp3) is 0.182. The largest absolute Gasteiger partial charge is 0.480 e. The van der Waals surface area contributed by atoms with Gasteiger partial charge in [-0.2, -0.15) is 0 Å². The summed E-state index contributed by atoms with van der Waals surface area (Å²) in [7, 11) is 0. The Bertz CT molecular complexity index is 464. The molecule has 2 N–H and O–H groups in total. The number of nitro groups is 1. The van der Waals surface area contributed by atoms with Crippen molar-refractivity contribution in [2.45, 2.75) is 17.4 Å². The van der Waals surface area contributed by atoms with E-state index in [1.165, 1.54) is 12.1 Å². The van der Waals surface area contributed by atoms with Crippen LogP contribution in [0.1, 0.15) is 6.42 Å². The molecule has 1 aromatic rings. The fourth-order valence-electron chi connectivity index (χ4n) is 1.19. The Morgan fingerprint density at radius 3 is 2.83 bits per heavy atom. The number of hydrogen-bond donors (Lipinski definition) is 2. The molecule has 18 heavy (non-hydrogen) atoms. The lowest BCUT2D eigenvalue weighted by atomic mass is 10.2. The fourth-order valence-corrected chi connectivity index (χ4v) is 2.05. The Balaban J connectivity index is 2.76. The van der Waals surface area contributed by atoms with E-state index in [-0.39, 0.29) is 12.1 Å². The summed E-state index contributed by atoms with van der Waals surface area (Å²) >= 11 is 0.931. The summed E-state index contributed by atoms with van der Waals surface area (Å²) in [4.78, 5) is 21.5. The Kier molecular flexibility index (Phi) is 5.34. The first-order chi connectivity index (χ1) is 8.56. The molecule has 0 aliphatic carbocycles. The van der Waals surface area contributed by atoms with Crippen LogP contribution in [0.3, 0.4) is 0 Å². The number of para-hydroxylation sites is 1. The quantitative estimate of drug-likeness (QED) is 0.341. The highest BCUT2D eigenvalue weighted by atomic mass is 32.2. The number of carbonyl (C=O) groups is 1. The van der Waals surface area contributed by atoms with E-state index in [1.54, 1.807) is 18.2 Å². The average molecular weight is 268 g/mol. The van der Waals surface area contributed by atoms with E-state index < -0.39 is 16.9 Å². The van der Waals surface area contributed by atoms with Crippen LogP contribution in [0.15, 0.2) is 41.8 Å². The lowest BCUT2D eigenvalue weighted by Crippen LogP contribution is -2.31. The zero-order chi connectivity index (χ0) is 13.5. The molecule has 0 bridgehead atoms. The van der Waals surface area contributed by atoms with Gasteiger partial charge in [0.05, 0.1) is 4.92 Å². The summed E-state index contributed by atoms with van der Waals surface area (Å²) < 4.78 is 2.67. The Morgan fingerprint density at radius 1 is 1.61 bits per heavy atom. The smallest absolute Gasteiger partial charge is 0.321 e. The van der Waals surface area contributed by atoms with Crippen LogP contribution in [-0.4, -0.2) is 22.0 Å². The first kappa shape index (κ1) is 14.2. The number of benzene rings is 1. The normalized spacial score (nSPS) is 11.8. The molecule has 6 nitrogen and oxygen atoms in total. The third kappa shape index (κ3) is 3.86. The van der Waals surface area contributed by atoms with Crippen LogP contribution in [0.5, 0.6) is 0 Å². The van der Waals surface area contributed by atoms with E-state index in [4.69, 9.17) is 5.11 Å². The van der Waals surface area contributed by atoms with Crippen molar-refractivity contribution in [2.75, 3.05) is 0 Å². The summed E-state index contributed by atoms with van der Waals surface area (Å²) in [6.45, 7) is 3.46. The van der Waals surface area contributed by atoms with E-state index in [1.807, 2.05) is 0 Å².